The van der Waals surface area contributed by atoms with Crippen LogP contribution < -0.4 is 4.74 Å². The van der Waals surface area contributed by atoms with Gasteiger partial charge in [0, 0.05) is 18.2 Å². The van der Waals surface area contributed by atoms with Gasteiger partial charge in [-0.05, 0) is 43.5 Å². The number of phenolic OH excluding ortho intramolecular Hbond substituents is 1. The lowest BCUT2D eigenvalue weighted by atomic mass is 10.0. The fourth-order valence-electron chi connectivity index (χ4n) is 2.95. The third-order valence-corrected chi connectivity index (χ3v) is 4.17. The number of carbonyl (C=O) groups excluding carboxylic acids is 1. The first-order valence-electron chi connectivity index (χ1n) is 8.02. The van der Waals surface area contributed by atoms with Crippen molar-refractivity contribution in [3.63, 3.8) is 0 Å². The maximum atomic E-state index is 12.7. The second kappa shape index (κ2) is 7.18. The Bertz CT molecular complexity index is 657. The summed E-state index contributed by atoms with van der Waals surface area (Å²) in [7, 11) is 0. The van der Waals surface area contributed by atoms with Crippen molar-refractivity contribution in [2.45, 2.75) is 25.3 Å². The van der Waals surface area contributed by atoms with Crippen LogP contribution in [0, 0.1) is 0 Å². The summed E-state index contributed by atoms with van der Waals surface area (Å²) in [5.41, 5.74) is 0.719. The van der Waals surface area contributed by atoms with Crippen LogP contribution in [0.25, 0.3) is 0 Å². The first-order chi connectivity index (χ1) is 11.2. The van der Waals surface area contributed by atoms with Gasteiger partial charge in [-0.15, -0.1) is 0 Å². The highest BCUT2D eigenvalue weighted by Gasteiger charge is 2.27. The van der Waals surface area contributed by atoms with Gasteiger partial charge in [-0.3, -0.25) is 4.79 Å². The molecular formula is C19H21NO3. The largest absolute Gasteiger partial charge is 0.508 e. The highest BCUT2D eigenvalue weighted by atomic mass is 16.5. The standard InChI is InChI=1S/C19H21NO3/c21-17-10-6-11-18(13-17)23-14-16-9-4-5-12-20(16)19(22)15-7-2-1-3-8-15/h1-3,6-8,10-11,13,16,21H,4-5,9,12,14H2/t16-/m0/s1. The van der Waals surface area contributed by atoms with E-state index in [0.29, 0.717) is 12.4 Å². The van der Waals surface area contributed by atoms with Gasteiger partial charge in [0.1, 0.15) is 18.1 Å². The van der Waals surface area contributed by atoms with Crippen LogP contribution in [0.5, 0.6) is 11.5 Å². The van der Waals surface area contributed by atoms with Crippen molar-refractivity contribution in [2.75, 3.05) is 13.2 Å². The van der Waals surface area contributed by atoms with Crippen molar-refractivity contribution in [3.8, 4) is 11.5 Å². The summed E-state index contributed by atoms with van der Waals surface area (Å²) in [6, 6.07) is 16.2. The van der Waals surface area contributed by atoms with E-state index in [-0.39, 0.29) is 17.7 Å². The number of rotatable bonds is 4. The second-order valence-electron chi connectivity index (χ2n) is 5.82. The van der Waals surface area contributed by atoms with Crippen LogP contribution in [0.1, 0.15) is 29.6 Å². The molecule has 1 aliphatic heterocycles. The molecule has 0 bridgehead atoms. The molecule has 0 saturated carbocycles. The summed E-state index contributed by atoms with van der Waals surface area (Å²) in [6.45, 7) is 1.21. The van der Waals surface area contributed by atoms with E-state index in [9.17, 15) is 9.90 Å². The number of piperidine rings is 1. The van der Waals surface area contributed by atoms with Crippen molar-refractivity contribution in [1.82, 2.24) is 4.90 Å². The Morgan fingerprint density at radius 3 is 2.74 bits per heavy atom. The van der Waals surface area contributed by atoms with Crippen molar-refractivity contribution in [1.29, 1.82) is 0 Å². The molecule has 3 rings (SSSR count). The molecule has 1 saturated heterocycles. The topological polar surface area (TPSA) is 49.8 Å². The molecule has 0 spiro atoms. The molecule has 1 N–H and O–H groups in total. The van der Waals surface area contributed by atoms with Gasteiger partial charge in [-0.25, -0.2) is 0 Å². The zero-order chi connectivity index (χ0) is 16.1. The maximum absolute atomic E-state index is 12.7. The summed E-state index contributed by atoms with van der Waals surface area (Å²) < 4.78 is 5.79. The van der Waals surface area contributed by atoms with E-state index in [1.54, 1.807) is 18.2 Å². The highest BCUT2D eigenvalue weighted by Crippen LogP contribution is 2.22. The summed E-state index contributed by atoms with van der Waals surface area (Å²) in [5.74, 6) is 0.876. The zero-order valence-corrected chi connectivity index (χ0v) is 13.0. The summed E-state index contributed by atoms with van der Waals surface area (Å²) in [4.78, 5) is 14.6. The summed E-state index contributed by atoms with van der Waals surface area (Å²) >= 11 is 0. The minimum absolute atomic E-state index is 0.0646. The van der Waals surface area contributed by atoms with Gasteiger partial charge < -0.3 is 14.7 Å². The van der Waals surface area contributed by atoms with Crippen LogP contribution in [0.2, 0.25) is 0 Å². The van der Waals surface area contributed by atoms with E-state index in [1.165, 1.54) is 0 Å². The van der Waals surface area contributed by atoms with E-state index in [0.717, 1.165) is 31.4 Å². The molecule has 0 unspecified atom stereocenters. The predicted octanol–water partition coefficient (Wildman–Crippen LogP) is 3.47. The van der Waals surface area contributed by atoms with Gasteiger partial charge in [0.25, 0.3) is 5.91 Å². The molecule has 1 fully saturated rings. The Labute approximate surface area is 136 Å². The highest BCUT2D eigenvalue weighted by molar-refractivity contribution is 5.94. The number of benzene rings is 2. The van der Waals surface area contributed by atoms with E-state index in [2.05, 4.69) is 0 Å². The summed E-state index contributed by atoms with van der Waals surface area (Å²) in [5, 5.41) is 9.49. The van der Waals surface area contributed by atoms with Crippen LogP contribution in [0.3, 0.4) is 0 Å². The first kappa shape index (κ1) is 15.4. The molecule has 0 radical (unpaired) electrons. The number of aromatic hydroxyl groups is 1. The van der Waals surface area contributed by atoms with Crippen molar-refractivity contribution >= 4 is 5.91 Å². The smallest absolute Gasteiger partial charge is 0.254 e. The molecule has 2 aromatic rings. The molecule has 120 valence electrons. The van der Waals surface area contributed by atoms with Crippen molar-refractivity contribution in [2.24, 2.45) is 0 Å². The number of likely N-dealkylation sites (tertiary alicyclic amines) is 1. The lowest BCUT2D eigenvalue weighted by Crippen LogP contribution is -2.46. The average Bonchev–Trinajstić information content (AvgIpc) is 2.60. The van der Waals surface area contributed by atoms with Gasteiger partial charge in [0.2, 0.25) is 0 Å². The van der Waals surface area contributed by atoms with Crippen LogP contribution in [0.15, 0.2) is 54.6 Å². The normalized spacial score (nSPS) is 17.7. The van der Waals surface area contributed by atoms with Crippen LogP contribution >= 0.6 is 0 Å². The Kier molecular flexibility index (Phi) is 4.81. The minimum atomic E-state index is 0.0646. The van der Waals surface area contributed by atoms with Crippen molar-refractivity contribution in [3.05, 3.63) is 60.2 Å². The molecule has 4 nitrogen and oxygen atoms in total. The van der Waals surface area contributed by atoms with E-state index >= 15 is 0 Å². The lowest BCUT2D eigenvalue weighted by Gasteiger charge is -2.35. The molecule has 1 heterocycles. The fourth-order valence-corrected chi connectivity index (χ4v) is 2.95. The number of ether oxygens (including phenoxy) is 1. The Morgan fingerprint density at radius 2 is 1.96 bits per heavy atom. The minimum Gasteiger partial charge on any atom is -0.508 e. The Hall–Kier alpha value is -2.49. The third kappa shape index (κ3) is 3.83. The average molecular weight is 311 g/mol. The number of carbonyl (C=O) groups is 1. The molecule has 2 aromatic carbocycles. The first-order valence-corrected chi connectivity index (χ1v) is 8.02. The SMILES string of the molecule is O=C(c1ccccc1)N1CCCC[C@H]1COc1cccc(O)c1. The van der Waals surface area contributed by atoms with Gasteiger partial charge in [0.15, 0.2) is 0 Å². The van der Waals surface area contributed by atoms with Crippen LogP contribution in [-0.2, 0) is 0 Å². The van der Waals surface area contributed by atoms with Crippen LogP contribution in [0.4, 0.5) is 0 Å². The van der Waals surface area contributed by atoms with Gasteiger partial charge in [-0.2, -0.15) is 0 Å². The number of phenols is 1. The Morgan fingerprint density at radius 1 is 1.13 bits per heavy atom. The number of nitrogens with zero attached hydrogens (tertiary/aromatic N) is 1. The monoisotopic (exact) mass is 311 g/mol. The fraction of sp³-hybridized carbons (Fsp3) is 0.316. The number of hydrogen-bond donors (Lipinski definition) is 1. The molecule has 1 aliphatic rings. The zero-order valence-electron chi connectivity index (χ0n) is 13.0. The molecular weight excluding hydrogens is 290 g/mol. The van der Waals surface area contributed by atoms with Crippen LogP contribution in [-0.4, -0.2) is 35.1 Å². The van der Waals surface area contributed by atoms with E-state index in [1.807, 2.05) is 41.3 Å². The molecule has 1 atom stereocenters. The van der Waals surface area contributed by atoms with Crippen molar-refractivity contribution < 1.29 is 14.6 Å². The molecule has 23 heavy (non-hydrogen) atoms. The molecule has 0 aliphatic carbocycles. The van der Waals surface area contributed by atoms with Gasteiger partial charge >= 0.3 is 0 Å². The maximum Gasteiger partial charge on any atom is 0.254 e. The lowest BCUT2D eigenvalue weighted by molar-refractivity contribution is 0.0528. The Balaban J connectivity index is 1.68. The molecule has 0 aromatic heterocycles. The number of amides is 1. The predicted molar refractivity (Wildman–Crippen MR) is 88.7 cm³/mol. The number of hydrogen-bond acceptors (Lipinski definition) is 3. The van der Waals surface area contributed by atoms with E-state index < -0.39 is 0 Å². The second-order valence-corrected chi connectivity index (χ2v) is 5.82. The van der Waals surface area contributed by atoms with Gasteiger partial charge in [-0.1, -0.05) is 24.3 Å². The molecule has 4 heteroatoms. The van der Waals surface area contributed by atoms with Gasteiger partial charge in [0.05, 0.1) is 6.04 Å². The quantitative estimate of drug-likeness (QED) is 0.940. The van der Waals surface area contributed by atoms with E-state index in [4.69, 9.17) is 4.74 Å². The summed E-state index contributed by atoms with van der Waals surface area (Å²) in [6.07, 6.45) is 3.07. The third-order valence-electron chi connectivity index (χ3n) is 4.17. The molecule has 1 amide bonds.